The third-order valence-electron chi connectivity index (χ3n) is 3.01. The van der Waals surface area contributed by atoms with Gasteiger partial charge in [-0.1, -0.05) is 42.2 Å². The van der Waals surface area contributed by atoms with Crippen molar-refractivity contribution in [2.75, 3.05) is 12.3 Å². The predicted octanol–water partition coefficient (Wildman–Crippen LogP) is 2.64. The van der Waals surface area contributed by atoms with Crippen LogP contribution in [0, 0.1) is 18.8 Å². The summed E-state index contributed by atoms with van der Waals surface area (Å²) in [4.78, 5) is 15.6. The quantitative estimate of drug-likeness (QED) is 0.672. The first-order valence-electron chi connectivity index (χ1n) is 7.30. The number of carbonyl (C=O) groups excluding carboxylic acids is 1. The molecular formula is C18H19N3O2. The van der Waals surface area contributed by atoms with Gasteiger partial charge in [0, 0.05) is 19.2 Å². The summed E-state index contributed by atoms with van der Waals surface area (Å²) in [5, 5.41) is 2.65. The smallest absolute Gasteiger partial charge is 0.407 e. The first-order valence-corrected chi connectivity index (χ1v) is 7.30. The Bertz CT molecular complexity index is 718. The molecule has 0 radical (unpaired) electrons. The molecule has 0 bridgehead atoms. The van der Waals surface area contributed by atoms with Gasteiger partial charge in [0.1, 0.15) is 12.4 Å². The summed E-state index contributed by atoms with van der Waals surface area (Å²) in [6.07, 6.45) is 1.76. The summed E-state index contributed by atoms with van der Waals surface area (Å²) in [5.74, 6) is 6.33. The minimum atomic E-state index is -0.451. The van der Waals surface area contributed by atoms with Crippen molar-refractivity contribution in [1.82, 2.24) is 10.3 Å². The average Bonchev–Trinajstić information content (AvgIpc) is 2.56. The Labute approximate surface area is 135 Å². The molecule has 1 heterocycles. The van der Waals surface area contributed by atoms with E-state index in [-0.39, 0.29) is 6.61 Å². The second-order valence-electron chi connectivity index (χ2n) is 4.99. The van der Waals surface area contributed by atoms with Gasteiger partial charge in [-0.25, -0.2) is 9.78 Å². The first-order chi connectivity index (χ1) is 11.1. The number of nitrogen functional groups attached to an aromatic ring is 1. The van der Waals surface area contributed by atoms with Crippen LogP contribution in [-0.2, 0) is 11.3 Å². The number of alkyl carbamates (subject to hydrolysis) is 1. The molecule has 0 aliphatic heterocycles. The van der Waals surface area contributed by atoms with E-state index in [4.69, 9.17) is 10.5 Å². The Balaban J connectivity index is 1.70. The minimum absolute atomic E-state index is 0.254. The lowest BCUT2D eigenvalue weighted by atomic mass is 10.2. The van der Waals surface area contributed by atoms with Gasteiger partial charge in [0.05, 0.1) is 5.56 Å². The minimum Gasteiger partial charge on any atom is -0.445 e. The zero-order valence-electron chi connectivity index (χ0n) is 13.0. The number of rotatable bonds is 4. The molecular weight excluding hydrogens is 290 g/mol. The Hall–Kier alpha value is -3.00. The number of nitrogens with two attached hydrogens (primary N) is 1. The second kappa shape index (κ2) is 8.44. The maximum atomic E-state index is 11.5. The van der Waals surface area contributed by atoms with Crippen molar-refractivity contribution in [3.05, 3.63) is 59.3 Å². The highest BCUT2D eigenvalue weighted by molar-refractivity contribution is 5.67. The van der Waals surface area contributed by atoms with Crippen molar-refractivity contribution >= 4 is 11.9 Å². The highest BCUT2D eigenvalue weighted by Gasteiger charge is 2.01. The molecule has 0 unspecified atom stereocenters. The van der Waals surface area contributed by atoms with Crippen LogP contribution in [0.1, 0.15) is 23.1 Å². The van der Waals surface area contributed by atoms with Gasteiger partial charge in [0.15, 0.2) is 0 Å². The SMILES string of the molecule is Cc1cnc(N)c(C#CCCNC(=O)OCc2ccccc2)c1. The van der Waals surface area contributed by atoms with Gasteiger partial charge in [-0.15, -0.1) is 0 Å². The molecule has 0 aliphatic carbocycles. The lowest BCUT2D eigenvalue weighted by molar-refractivity contribution is 0.140. The van der Waals surface area contributed by atoms with Crippen molar-refractivity contribution in [3.63, 3.8) is 0 Å². The topological polar surface area (TPSA) is 77.2 Å². The molecule has 1 aromatic carbocycles. The van der Waals surface area contributed by atoms with Crippen LogP contribution in [-0.4, -0.2) is 17.6 Å². The van der Waals surface area contributed by atoms with Crippen molar-refractivity contribution in [2.24, 2.45) is 0 Å². The fourth-order valence-electron chi connectivity index (χ4n) is 1.84. The number of aromatic nitrogens is 1. The molecule has 2 rings (SSSR count). The molecule has 0 aliphatic rings. The lowest BCUT2D eigenvalue weighted by Gasteiger charge is -2.05. The maximum Gasteiger partial charge on any atom is 0.407 e. The standard InChI is InChI=1S/C18H19N3O2/c1-14-11-16(17(19)21-12-14)9-5-6-10-20-18(22)23-13-15-7-3-2-4-8-15/h2-4,7-8,11-12H,6,10,13H2,1H3,(H2,19,21)(H,20,22). The molecule has 23 heavy (non-hydrogen) atoms. The van der Waals surface area contributed by atoms with Crippen LogP contribution in [0.3, 0.4) is 0 Å². The van der Waals surface area contributed by atoms with Gasteiger partial charge in [-0.2, -0.15) is 0 Å². The number of pyridine rings is 1. The number of nitrogens with one attached hydrogen (secondary N) is 1. The van der Waals surface area contributed by atoms with Gasteiger partial charge >= 0.3 is 6.09 Å². The zero-order chi connectivity index (χ0) is 16.5. The molecule has 0 saturated carbocycles. The molecule has 0 fully saturated rings. The van der Waals surface area contributed by atoms with Gasteiger partial charge in [-0.3, -0.25) is 0 Å². The summed E-state index contributed by atoms with van der Waals surface area (Å²) in [6, 6.07) is 11.4. The summed E-state index contributed by atoms with van der Waals surface area (Å²) in [6.45, 7) is 2.60. The number of amides is 1. The number of hydrogen-bond donors (Lipinski definition) is 2. The number of nitrogens with zero attached hydrogens (tertiary/aromatic N) is 1. The normalized spacial score (nSPS) is 9.61. The summed E-state index contributed by atoms with van der Waals surface area (Å²) in [7, 11) is 0. The van der Waals surface area contributed by atoms with E-state index in [0.717, 1.165) is 11.1 Å². The average molecular weight is 309 g/mol. The number of aryl methyl sites for hydroxylation is 1. The van der Waals surface area contributed by atoms with E-state index in [1.54, 1.807) is 6.20 Å². The number of ether oxygens (including phenoxy) is 1. The summed E-state index contributed by atoms with van der Waals surface area (Å²) in [5.41, 5.74) is 8.40. The fourth-order valence-corrected chi connectivity index (χ4v) is 1.84. The highest BCUT2D eigenvalue weighted by atomic mass is 16.5. The molecule has 1 aromatic heterocycles. The van der Waals surface area contributed by atoms with Crippen molar-refractivity contribution < 1.29 is 9.53 Å². The third kappa shape index (κ3) is 5.71. The molecule has 0 spiro atoms. The molecule has 118 valence electrons. The van der Waals surface area contributed by atoms with Crippen LogP contribution >= 0.6 is 0 Å². The van der Waals surface area contributed by atoms with Gasteiger partial charge in [0.25, 0.3) is 0 Å². The number of anilines is 1. The molecule has 5 nitrogen and oxygen atoms in total. The Morgan fingerprint density at radius 3 is 2.91 bits per heavy atom. The van der Waals surface area contributed by atoms with Gasteiger partial charge in [0.2, 0.25) is 0 Å². The second-order valence-corrected chi connectivity index (χ2v) is 4.99. The third-order valence-corrected chi connectivity index (χ3v) is 3.01. The van der Waals surface area contributed by atoms with Crippen LogP contribution < -0.4 is 11.1 Å². The van der Waals surface area contributed by atoms with Crippen molar-refractivity contribution in [1.29, 1.82) is 0 Å². The van der Waals surface area contributed by atoms with Crippen molar-refractivity contribution in [2.45, 2.75) is 20.0 Å². The monoisotopic (exact) mass is 309 g/mol. The largest absolute Gasteiger partial charge is 0.445 e. The number of carbonyl (C=O) groups is 1. The fraction of sp³-hybridized carbons (Fsp3) is 0.222. The van der Waals surface area contributed by atoms with Crippen LogP contribution in [0.25, 0.3) is 0 Å². The maximum absolute atomic E-state index is 11.5. The van der Waals surface area contributed by atoms with Gasteiger partial charge in [-0.05, 0) is 24.1 Å². The van der Waals surface area contributed by atoms with Crippen LogP contribution in [0.4, 0.5) is 10.6 Å². The van der Waals surface area contributed by atoms with E-state index < -0.39 is 6.09 Å². The molecule has 3 N–H and O–H groups in total. The molecule has 0 saturated heterocycles. The Kier molecular flexibility index (Phi) is 6.01. The van der Waals surface area contributed by atoms with E-state index in [0.29, 0.717) is 24.3 Å². The molecule has 0 atom stereocenters. The molecule has 2 aromatic rings. The zero-order valence-corrected chi connectivity index (χ0v) is 13.0. The highest BCUT2D eigenvalue weighted by Crippen LogP contribution is 2.08. The molecule has 1 amide bonds. The lowest BCUT2D eigenvalue weighted by Crippen LogP contribution is -2.24. The Morgan fingerprint density at radius 2 is 2.13 bits per heavy atom. The van der Waals surface area contributed by atoms with Gasteiger partial charge < -0.3 is 15.8 Å². The first kappa shape index (κ1) is 16.4. The Morgan fingerprint density at radius 1 is 1.35 bits per heavy atom. The summed E-state index contributed by atoms with van der Waals surface area (Å²) < 4.78 is 5.10. The van der Waals surface area contributed by atoms with E-state index in [1.165, 1.54) is 0 Å². The summed E-state index contributed by atoms with van der Waals surface area (Å²) >= 11 is 0. The van der Waals surface area contributed by atoms with E-state index >= 15 is 0 Å². The number of hydrogen-bond acceptors (Lipinski definition) is 4. The molecule has 5 heteroatoms. The van der Waals surface area contributed by atoms with E-state index in [2.05, 4.69) is 22.1 Å². The number of benzene rings is 1. The van der Waals surface area contributed by atoms with Crippen LogP contribution in [0.5, 0.6) is 0 Å². The predicted molar refractivity (Wildman–Crippen MR) is 89.5 cm³/mol. The van der Waals surface area contributed by atoms with Crippen LogP contribution in [0.15, 0.2) is 42.6 Å². The van der Waals surface area contributed by atoms with Crippen LogP contribution in [0.2, 0.25) is 0 Å². The van der Waals surface area contributed by atoms with E-state index in [1.807, 2.05) is 43.3 Å². The van der Waals surface area contributed by atoms with Crippen molar-refractivity contribution in [3.8, 4) is 11.8 Å². The van der Waals surface area contributed by atoms with E-state index in [9.17, 15) is 4.79 Å².